The van der Waals surface area contributed by atoms with Crippen molar-refractivity contribution in [2.45, 2.75) is 26.2 Å². The van der Waals surface area contributed by atoms with Gasteiger partial charge in [-0.1, -0.05) is 24.2 Å². The van der Waals surface area contributed by atoms with E-state index in [1.54, 1.807) is 5.38 Å². The summed E-state index contributed by atoms with van der Waals surface area (Å²) in [5.74, 6) is 1.07. The van der Waals surface area contributed by atoms with Crippen molar-refractivity contribution >= 4 is 17.2 Å². The smallest absolute Gasteiger partial charge is 0.270 e. The fourth-order valence-electron chi connectivity index (χ4n) is 2.39. The molecule has 0 fully saturated rings. The molecule has 8 heteroatoms. The monoisotopic (exact) mass is 371 g/mol. The van der Waals surface area contributed by atoms with Crippen molar-refractivity contribution in [3.63, 3.8) is 0 Å². The van der Waals surface area contributed by atoms with E-state index in [4.69, 9.17) is 10.3 Å². The molecule has 3 rings (SSSR count). The molecule has 3 N–H and O–H groups in total. The van der Waals surface area contributed by atoms with Crippen molar-refractivity contribution in [3.05, 3.63) is 51.7 Å². The van der Waals surface area contributed by atoms with Crippen molar-refractivity contribution < 1.29 is 9.32 Å². The van der Waals surface area contributed by atoms with Crippen molar-refractivity contribution in [2.24, 2.45) is 5.73 Å². The van der Waals surface area contributed by atoms with E-state index in [1.165, 1.54) is 11.3 Å². The van der Waals surface area contributed by atoms with Gasteiger partial charge in [0.1, 0.15) is 5.69 Å². The fraction of sp³-hybridized carbons (Fsp3) is 0.333. The maximum absolute atomic E-state index is 12.1. The first kappa shape index (κ1) is 18.2. The molecule has 0 atom stereocenters. The van der Waals surface area contributed by atoms with Crippen LogP contribution in [0.5, 0.6) is 0 Å². The molecule has 0 spiro atoms. The van der Waals surface area contributed by atoms with Crippen molar-refractivity contribution in [3.8, 4) is 11.5 Å². The van der Waals surface area contributed by atoms with Crippen LogP contribution < -0.4 is 11.1 Å². The second kappa shape index (κ2) is 8.68. The highest BCUT2D eigenvalue weighted by Gasteiger charge is 2.10. The minimum absolute atomic E-state index is 0.154. The van der Waals surface area contributed by atoms with Crippen molar-refractivity contribution in [2.75, 3.05) is 13.1 Å². The van der Waals surface area contributed by atoms with Gasteiger partial charge < -0.3 is 15.6 Å². The summed E-state index contributed by atoms with van der Waals surface area (Å²) in [4.78, 5) is 20.7. The van der Waals surface area contributed by atoms with Gasteiger partial charge in [0.2, 0.25) is 0 Å². The molecule has 26 heavy (non-hydrogen) atoms. The standard InChI is InChI=1S/C18H21N5O2S/c1-2-15-22-18(25-23-15)13-5-3-12(4-6-13)8-10-20-17(24)14-11-26-16(21-14)7-9-19/h3-6,11H,2,7-10,19H2,1H3,(H,20,24). The van der Waals surface area contributed by atoms with Crippen molar-refractivity contribution in [1.82, 2.24) is 20.4 Å². The molecule has 0 radical (unpaired) electrons. The summed E-state index contributed by atoms with van der Waals surface area (Å²) in [6.07, 6.45) is 2.17. The Balaban J connectivity index is 1.50. The second-order valence-electron chi connectivity index (χ2n) is 5.74. The first-order chi connectivity index (χ1) is 12.7. The van der Waals surface area contributed by atoms with E-state index < -0.39 is 0 Å². The lowest BCUT2D eigenvalue weighted by atomic mass is 10.1. The molecule has 0 bridgehead atoms. The van der Waals surface area contributed by atoms with Crippen LogP contribution in [0.2, 0.25) is 0 Å². The van der Waals surface area contributed by atoms with Gasteiger partial charge in [-0.05, 0) is 30.7 Å². The maximum Gasteiger partial charge on any atom is 0.270 e. The molecule has 0 saturated carbocycles. The Labute approximate surface area is 155 Å². The third-order valence-electron chi connectivity index (χ3n) is 3.83. The van der Waals surface area contributed by atoms with Crippen LogP contribution in [0.15, 0.2) is 34.2 Å². The number of carbonyl (C=O) groups is 1. The number of nitrogens with zero attached hydrogens (tertiary/aromatic N) is 3. The van der Waals surface area contributed by atoms with Gasteiger partial charge in [0.25, 0.3) is 11.8 Å². The Kier molecular flexibility index (Phi) is 6.08. The number of thiazole rings is 1. The van der Waals surface area contributed by atoms with E-state index in [9.17, 15) is 4.79 Å². The average molecular weight is 371 g/mol. The van der Waals surface area contributed by atoms with Gasteiger partial charge >= 0.3 is 0 Å². The number of benzene rings is 1. The van der Waals surface area contributed by atoms with Crippen LogP contribution in [-0.4, -0.2) is 34.1 Å². The van der Waals surface area contributed by atoms with Crippen LogP contribution in [0.3, 0.4) is 0 Å². The summed E-state index contributed by atoms with van der Waals surface area (Å²) < 4.78 is 5.23. The lowest BCUT2D eigenvalue weighted by Gasteiger charge is -2.04. The van der Waals surface area contributed by atoms with Crippen LogP contribution in [-0.2, 0) is 19.3 Å². The average Bonchev–Trinajstić information content (AvgIpc) is 3.32. The minimum atomic E-state index is -0.154. The third-order valence-corrected chi connectivity index (χ3v) is 4.74. The highest BCUT2D eigenvalue weighted by molar-refractivity contribution is 7.09. The molecule has 0 saturated heterocycles. The quantitative estimate of drug-likeness (QED) is 0.629. The topological polar surface area (TPSA) is 107 Å². The van der Waals surface area contributed by atoms with E-state index >= 15 is 0 Å². The SMILES string of the molecule is CCc1noc(-c2ccc(CCNC(=O)c3csc(CCN)n3)cc2)n1. The molecule has 0 aliphatic rings. The second-order valence-corrected chi connectivity index (χ2v) is 6.68. The number of carbonyl (C=O) groups excluding carboxylic acids is 1. The van der Waals surface area contributed by atoms with E-state index in [-0.39, 0.29) is 5.91 Å². The first-order valence-electron chi connectivity index (χ1n) is 8.54. The van der Waals surface area contributed by atoms with E-state index in [0.717, 1.165) is 29.0 Å². The predicted octanol–water partition coefficient (Wildman–Crippen LogP) is 2.23. The van der Waals surface area contributed by atoms with Gasteiger partial charge in [-0.3, -0.25) is 4.79 Å². The van der Waals surface area contributed by atoms with Crippen LogP contribution in [0.4, 0.5) is 0 Å². The predicted molar refractivity (Wildman–Crippen MR) is 100 cm³/mol. The maximum atomic E-state index is 12.1. The zero-order valence-corrected chi connectivity index (χ0v) is 15.4. The third kappa shape index (κ3) is 4.53. The summed E-state index contributed by atoms with van der Waals surface area (Å²) in [6.45, 7) is 3.06. The highest BCUT2D eigenvalue weighted by atomic mass is 32.1. The van der Waals surface area contributed by atoms with E-state index in [1.807, 2.05) is 31.2 Å². The largest absolute Gasteiger partial charge is 0.350 e. The molecule has 0 unspecified atom stereocenters. The number of amides is 1. The molecule has 7 nitrogen and oxygen atoms in total. The number of hydrogen-bond acceptors (Lipinski definition) is 7. The number of nitrogens with two attached hydrogens (primary N) is 1. The summed E-state index contributed by atoms with van der Waals surface area (Å²) in [7, 11) is 0. The number of hydrogen-bond donors (Lipinski definition) is 2. The van der Waals surface area contributed by atoms with Gasteiger partial charge in [0.05, 0.1) is 5.01 Å². The Morgan fingerprint density at radius 1 is 1.23 bits per heavy atom. The zero-order valence-electron chi connectivity index (χ0n) is 14.6. The molecule has 136 valence electrons. The summed E-state index contributed by atoms with van der Waals surface area (Å²) in [6, 6.07) is 7.90. The molecule has 1 amide bonds. The number of rotatable bonds is 8. The zero-order chi connectivity index (χ0) is 18.4. The minimum Gasteiger partial charge on any atom is -0.350 e. The fourth-order valence-corrected chi connectivity index (χ4v) is 3.19. The van der Waals surface area contributed by atoms with Crippen LogP contribution >= 0.6 is 11.3 Å². The van der Waals surface area contributed by atoms with Crippen molar-refractivity contribution in [1.29, 1.82) is 0 Å². The van der Waals surface area contributed by atoms with Gasteiger partial charge in [0, 0.05) is 30.3 Å². The first-order valence-corrected chi connectivity index (χ1v) is 9.42. The molecular formula is C18H21N5O2S. The molecule has 0 aliphatic heterocycles. The van der Waals surface area contributed by atoms with Crippen LogP contribution in [0.25, 0.3) is 11.5 Å². The Bertz CT molecular complexity index is 857. The Morgan fingerprint density at radius 2 is 2.04 bits per heavy atom. The normalized spacial score (nSPS) is 10.8. The van der Waals surface area contributed by atoms with Gasteiger partial charge in [-0.2, -0.15) is 4.98 Å². The molecule has 1 aromatic carbocycles. The molecule has 2 aromatic heterocycles. The van der Waals surface area contributed by atoms with Gasteiger partial charge in [0.15, 0.2) is 5.82 Å². The summed E-state index contributed by atoms with van der Waals surface area (Å²) >= 11 is 1.46. The molecule has 3 aromatic rings. The number of aryl methyl sites for hydroxylation is 1. The summed E-state index contributed by atoms with van der Waals surface area (Å²) in [5.41, 5.74) is 7.96. The van der Waals surface area contributed by atoms with Gasteiger partial charge in [-0.25, -0.2) is 4.98 Å². The lowest BCUT2D eigenvalue weighted by Crippen LogP contribution is -2.26. The number of aromatic nitrogens is 3. The summed E-state index contributed by atoms with van der Waals surface area (Å²) in [5, 5.41) is 9.45. The Morgan fingerprint density at radius 3 is 2.73 bits per heavy atom. The molecule has 0 aliphatic carbocycles. The van der Waals surface area contributed by atoms with Crippen LogP contribution in [0.1, 0.15) is 33.8 Å². The van der Waals surface area contributed by atoms with E-state index in [0.29, 0.717) is 36.9 Å². The lowest BCUT2D eigenvalue weighted by molar-refractivity contribution is 0.0949. The van der Waals surface area contributed by atoms with E-state index in [2.05, 4.69) is 20.4 Å². The number of nitrogens with one attached hydrogen (secondary N) is 1. The van der Waals surface area contributed by atoms with Crippen LogP contribution in [0, 0.1) is 0 Å². The highest BCUT2D eigenvalue weighted by Crippen LogP contribution is 2.18. The molecule has 2 heterocycles. The van der Waals surface area contributed by atoms with Gasteiger partial charge in [-0.15, -0.1) is 11.3 Å². The molecular weight excluding hydrogens is 350 g/mol. The Hall–Kier alpha value is -2.58.